The van der Waals surface area contributed by atoms with Crippen LogP contribution in [0.3, 0.4) is 0 Å². The molecule has 7 heteroatoms. The smallest absolute Gasteiger partial charge is 0.307 e. The molecule has 2 aromatic carbocycles. The van der Waals surface area contributed by atoms with Gasteiger partial charge in [-0.1, -0.05) is 44.5 Å². The van der Waals surface area contributed by atoms with Gasteiger partial charge < -0.3 is 14.6 Å². The van der Waals surface area contributed by atoms with Crippen molar-refractivity contribution in [1.29, 1.82) is 0 Å². The molecule has 1 N–H and O–H groups in total. The molecular weight excluding hydrogens is 500 g/mol. The molecule has 0 radical (unpaired) electrons. The van der Waals surface area contributed by atoms with E-state index in [9.17, 15) is 14.3 Å². The maximum Gasteiger partial charge on any atom is 0.307 e. The number of fused-ring (bicyclic) bond motifs is 2. The van der Waals surface area contributed by atoms with Crippen LogP contribution in [0.5, 0.6) is 11.6 Å². The number of carbonyl (C=O) groups is 1. The second-order valence-corrected chi connectivity index (χ2v) is 12.0. The highest BCUT2D eigenvalue weighted by Crippen LogP contribution is 2.62. The second-order valence-electron chi connectivity index (χ2n) is 12.0. The lowest BCUT2D eigenvalue weighted by molar-refractivity contribution is -0.139. The number of rotatable bonds is 7. The van der Waals surface area contributed by atoms with Gasteiger partial charge in [0.1, 0.15) is 12.4 Å². The van der Waals surface area contributed by atoms with E-state index < -0.39 is 28.9 Å². The van der Waals surface area contributed by atoms with Gasteiger partial charge in [0.05, 0.1) is 19.2 Å². The van der Waals surface area contributed by atoms with Gasteiger partial charge in [-0.15, -0.1) is 0 Å². The summed E-state index contributed by atoms with van der Waals surface area (Å²) in [6.45, 7) is 4.64. The van der Waals surface area contributed by atoms with Crippen molar-refractivity contribution in [2.45, 2.75) is 70.3 Å². The summed E-state index contributed by atoms with van der Waals surface area (Å²) in [5.74, 6) is -1.52. The fourth-order valence-corrected chi connectivity index (χ4v) is 7.16. The molecule has 1 aromatic heterocycles. The fraction of sp³-hybridized carbons (Fsp3) is 0.438. The van der Waals surface area contributed by atoms with Crippen LogP contribution in [0.1, 0.15) is 74.1 Å². The molecule has 0 amide bonds. The Morgan fingerprint density at radius 3 is 2.64 bits per heavy atom. The van der Waals surface area contributed by atoms with Gasteiger partial charge in [0.2, 0.25) is 5.88 Å². The molecule has 3 atom stereocenters. The average Bonchev–Trinajstić information content (AvgIpc) is 3.36. The minimum absolute atomic E-state index is 0.0488. The molecule has 6 rings (SSSR count). The largest absolute Gasteiger partial charge is 0.486 e. The van der Waals surface area contributed by atoms with E-state index in [1.165, 1.54) is 13.3 Å². The molecule has 1 heterocycles. The fourth-order valence-electron chi connectivity index (χ4n) is 7.16. The number of pyridine rings is 1. The Labute approximate surface area is 227 Å². The molecule has 204 valence electrons. The summed E-state index contributed by atoms with van der Waals surface area (Å²) in [6, 6.07) is 11.0. The summed E-state index contributed by atoms with van der Waals surface area (Å²) in [7, 11) is 1.51. The van der Waals surface area contributed by atoms with Crippen LogP contribution >= 0.6 is 0 Å². The number of halogens is 2. The zero-order valence-corrected chi connectivity index (χ0v) is 22.5. The highest BCUT2D eigenvalue weighted by Gasteiger charge is 2.63. The molecule has 2 fully saturated rings. The minimum Gasteiger partial charge on any atom is -0.486 e. The Morgan fingerprint density at radius 2 is 1.95 bits per heavy atom. The van der Waals surface area contributed by atoms with Crippen LogP contribution < -0.4 is 9.47 Å². The molecule has 5 nitrogen and oxygen atoms in total. The van der Waals surface area contributed by atoms with Crippen molar-refractivity contribution in [3.05, 3.63) is 76.5 Å². The molecule has 3 aromatic rings. The third kappa shape index (κ3) is 4.26. The van der Waals surface area contributed by atoms with Crippen LogP contribution in [0.25, 0.3) is 11.1 Å². The first-order chi connectivity index (χ1) is 18.6. The van der Waals surface area contributed by atoms with Crippen LogP contribution in [0, 0.1) is 23.0 Å². The standard InChI is InChI=1S/C32H33F2NO4/c1-31(2)11-4-5-23(31)21-13-18(6-8-20(21)22-14-27(38-3)35-16-25(22)33)17-39-26-9-7-19-10-12-32(28(19)29(26)34)15-24(32)30(36)37/h6-9,13-14,16,23-24H,4-5,10-12,15,17H2,1-3H3,(H,36,37)/t23-,24-,32+/m0/s1. The van der Waals surface area contributed by atoms with E-state index in [-0.39, 0.29) is 23.7 Å². The quantitative estimate of drug-likeness (QED) is 0.348. The Bertz CT molecular complexity index is 1470. The zero-order chi connectivity index (χ0) is 27.5. The Kier molecular flexibility index (Phi) is 6.16. The Balaban J connectivity index is 1.33. The van der Waals surface area contributed by atoms with Gasteiger partial charge in [-0.2, -0.15) is 0 Å². The van der Waals surface area contributed by atoms with E-state index in [1.54, 1.807) is 12.1 Å². The highest BCUT2D eigenvalue weighted by atomic mass is 19.1. The molecule has 0 unspecified atom stereocenters. The van der Waals surface area contributed by atoms with Gasteiger partial charge in [-0.25, -0.2) is 13.8 Å². The van der Waals surface area contributed by atoms with Gasteiger partial charge in [0, 0.05) is 22.6 Å². The Morgan fingerprint density at radius 1 is 1.13 bits per heavy atom. The first-order valence-electron chi connectivity index (χ1n) is 13.6. The van der Waals surface area contributed by atoms with Crippen molar-refractivity contribution in [3.63, 3.8) is 0 Å². The lowest BCUT2D eigenvalue weighted by atomic mass is 9.75. The summed E-state index contributed by atoms with van der Waals surface area (Å²) >= 11 is 0. The summed E-state index contributed by atoms with van der Waals surface area (Å²) in [5.41, 5.74) is 4.02. The first-order valence-corrected chi connectivity index (χ1v) is 13.6. The van der Waals surface area contributed by atoms with E-state index in [1.807, 2.05) is 18.2 Å². The van der Waals surface area contributed by atoms with E-state index in [0.717, 1.165) is 41.5 Å². The van der Waals surface area contributed by atoms with Crippen LogP contribution in [0.15, 0.2) is 42.6 Å². The molecule has 39 heavy (non-hydrogen) atoms. The van der Waals surface area contributed by atoms with Crippen LogP contribution in [0.2, 0.25) is 0 Å². The summed E-state index contributed by atoms with van der Waals surface area (Å²) in [6.07, 6.45) is 6.20. The van der Waals surface area contributed by atoms with E-state index in [0.29, 0.717) is 36.3 Å². The SMILES string of the molecule is COc1cc(-c2ccc(COc3ccc4c(c3F)[C@]3(CC4)C[C@H]3C(=O)O)cc2[C@@H]2CCCC2(C)C)c(F)cn1. The predicted octanol–water partition coefficient (Wildman–Crippen LogP) is 7.20. The monoisotopic (exact) mass is 533 g/mol. The van der Waals surface area contributed by atoms with Crippen molar-refractivity contribution in [2.24, 2.45) is 11.3 Å². The minimum atomic E-state index is -0.862. The van der Waals surface area contributed by atoms with Crippen LogP contribution in [-0.4, -0.2) is 23.2 Å². The topological polar surface area (TPSA) is 68.7 Å². The molecular formula is C32H33F2NO4. The third-order valence-corrected chi connectivity index (χ3v) is 9.38. The lowest BCUT2D eigenvalue weighted by Crippen LogP contribution is -2.17. The normalized spacial score (nSPS) is 24.5. The number of carboxylic acid groups (broad SMARTS) is 1. The van der Waals surface area contributed by atoms with Crippen molar-refractivity contribution >= 4 is 5.97 Å². The number of aryl methyl sites for hydroxylation is 1. The van der Waals surface area contributed by atoms with Crippen LogP contribution in [0.4, 0.5) is 8.78 Å². The number of ether oxygens (including phenoxy) is 2. The zero-order valence-electron chi connectivity index (χ0n) is 22.5. The molecule has 0 saturated heterocycles. The number of aliphatic carboxylic acids is 1. The number of aromatic nitrogens is 1. The first kappa shape index (κ1) is 25.8. The molecule has 3 aliphatic rings. The predicted molar refractivity (Wildman–Crippen MR) is 143 cm³/mol. The summed E-state index contributed by atoms with van der Waals surface area (Å²) in [4.78, 5) is 15.6. The number of methoxy groups -OCH3 is 1. The molecule has 1 spiro atoms. The number of hydrogen-bond donors (Lipinski definition) is 1. The summed E-state index contributed by atoms with van der Waals surface area (Å²) in [5, 5.41) is 9.53. The van der Waals surface area contributed by atoms with Crippen molar-refractivity contribution < 1.29 is 28.2 Å². The number of nitrogens with zero attached hydrogens (tertiary/aromatic N) is 1. The molecule has 3 aliphatic carbocycles. The van der Waals surface area contributed by atoms with E-state index >= 15 is 4.39 Å². The number of carboxylic acids is 1. The number of benzene rings is 2. The second kappa shape index (κ2) is 9.32. The van der Waals surface area contributed by atoms with Crippen molar-refractivity contribution in [2.75, 3.05) is 7.11 Å². The molecule has 0 bridgehead atoms. The summed E-state index contributed by atoms with van der Waals surface area (Å²) < 4.78 is 42.0. The Hall–Kier alpha value is -3.48. The highest BCUT2D eigenvalue weighted by molar-refractivity contribution is 5.78. The van der Waals surface area contributed by atoms with E-state index in [4.69, 9.17) is 9.47 Å². The van der Waals surface area contributed by atoms with Crippen LogP contribution in [-0.2, 0) is 23.2 Å². The average molecular weight is 534 g/mol. The van der Waals surface area contributed by atoms with Crippen molar-refractivity contribution in [3.8, 4) is 22.8 Å². The maximum atomic E-state index is 15.7. The van der Waals surface area contributed by atoms with Gasteiger partial charge in [0.15, 0.2) is 11.6 Å². The number of hydrogen-bond acceptors (Lipinski definition) is 4. The van der Waals surface area contributed by atoms with E-state index in [2.05, 4.69) is 24.9 Å². The van der Waals surface area contributed by atoms with Gasteiger partial charge >= 0.3 is 5.97 Å². The maximum absolute atomic E-state index is 15.7. The van der Waals surface area contributed by atoms with Gasteiger partial charge in [-0.05, 0) is 71.8 Å². The van der Waals surface area contributed by atoms with Gasteiger partial charge in [-0.3, -0.25) is 4.79 Å². The van der Waals surface area contributed by atoms with Gasteiger partial charge in [0.25, 0.3) is 0 Å². The molecule has 2 saturated carbocycles. The third-order valence-electron chi connectivity index (χ3n) is 9.38. The van der Waals surface area contributed by atoms with Crippen molar-refractivity contribution in [1.82, 2.24) is 4.98 Å². The molecule has 0 aliphatic heterocycles. The lowest BCUT2D eigenvalue weighted by Gasteiger charge is -2.30.